The molecule has 3 rings (SSSR count). The number of para-hydroxylation sites is 1. The van der Waals surface area contributed by atoms with Crippen LogP contribution in [0.15, 0.2) is 36.5 Å². The summed E-state index contributed by atoms with van der Waals surface area (Å²) >= 11 is 0. The summed E-state index contributed by atoms with van der Waals surface area (Å²) in [6.45, 7) is 1.79. The van der Waals surface area contributed by atoms with Gasteiger partial charge in [0.25, 0.3) is 0 Å². The van der Waals surface area contributed by atoms with Gasteiger partial charge in [-0.2, -0.15) is 0 Å². The molecule has 4 heteroatoms. The number of aromatic nitrogens is 1. The monoisotopic (exact) mass is 255 g/mol. The average Bonchev–Trinajstić information content (AvgIpc) is 2.94. The van der Waals surface area contributed by atoms with E-state index in [-0.39, 0.29) is 0 Å². The van der Waals surface area contributed by atoms with E-state index in [1.807, 2.05) is 12.1 Å². The third kappa shape index (κ3) is 2.34. The van der Waals surface area contributed by atoms with E-state index in [1.54, 1.807) is 13.3 Å². The normalized spacial score (nSPS) is 12.7. The number of hydrogen-bond acceptors (Lipinski definition) is 4. The predicted molar refractivity (Wildman–Crippen MR) is 76.8 cm³/mol. The molecule has 2 heterocycles. The van der Waals surface area contributed by atoms with Gasteiger partial charge in [-0.1, -0.05) is 18.2 Å². The van der Waals surface area contributed by atoms with Gasteiger partial charge >= 0.3 is 0 Å². The Balaban J connectivity index is 1.78. The summed E-state index contributed by atoms with van der Waals surface area (Å²) in [5, 5.41) is 6.83. The van der Waals surface area contributed by atoms with Crippen LogP contribution in [0.3, 0.4) is 0 Å². The fraction of sp³-hybridized carbons (Fsp3) is 0.267. The second kappa shape index (κ2) is 5.18. The first-order valence-electron chi connectivity index (χ1n) is 6.46. The summed E-state index contributed by atoms with van der Waals surface area (Å²) in [5.74, 6) is 0.628. The zero-order chi connectivity index (χ0) is 13.1. The molecular weight excluding hydrogens is 238 g/mol. The number of pyridine rings is 1. The van der Waals surface area contributed by atoms with Gasteiger partial charge in [0.05, 0.1) is 12.8 Å². The van der Waals surface area contributed by atoms with Crippen molar-refractivity contribution in [2.24, 2.45) is 0 Å². The Kier molecular flexibility index (Phi) is 3.23. The molecule has 0 amide bonds. The van der Waals surface area contributed by atoms with Gasteiger partial charge in [0.2, 0.25) is 5.88 Å². The van der Waals surface area contributed by atoms with Crippen LogP contribution in [0.2, 0.25) is 0 Å². The minimum absolute atomic E-state index is 0.628. The SMILES string of the molecule is COc1ncccc1NCc1cccc2c1NCC2. The molecule has 1 aromatic carbocycles. The maximum absolute atomic E-state index is 5.24. The standard InChI is InChI=1S/C15H17N3O/c1-19-15-13(6-3-8-17-15)18-10-12-5-2-4-11-7-9-16-14(11)12/h2-6,8,16,18H,7,9-10H2,1H3. The molecule has 0 bridgehead atoms. The second-order valence-corrected chi connectivity index (χ2v) is 4.54. The van der Waals surface area contributed by atoms with Crippen molar-refractivity contribution in [1.82, 2.24) is 4.98 Å². The second-order valence-electron chi connectivity index (χ2n) is 4.54. The van der Waals surface area contributed by atoms with Gasteiger partial charge < -0.3 is 15.4 Å². The molecule has 98 valence electrons. The predicted octanol–water partition coefficient (Wildman–Crippen LogP) is 2.67. The highest BCUT2D eigenvalue weighted by molar-refractivity contribution is 5.62. The van der Waals surface area contributed by atoms with E-state index in [9.17, 15) is 0 Å². The van der Waals surface area contributed by atoms with Crippen LogP contribution in [-0.2, 0) is 13.0 Å². The van der Waals surface area contributed by atoms with Gasteiger partial charge in [-0.05, 0) is 29.7 Å². The Bertz CT molecular complexity index is 583. The zero-order valence-corrected chi connectivity index (χ0v) is 10.9. The molecule has 0 atom stereocenters. The van der Waals surface area contributed by atoms with Crippen molar-refractivity contribution in [2.45, 2.75) is 13.0 Å². The van der Waals surface area contributed by atoms with Crippen LogP contribution in [0.1, 0.15) is 11.1 Å². The van der Waals surface area contributed by atoms with Crippen molar-refractivity contribution in [3.63, 3.8) is 0 Å². The Labute approximate surface area is 112 Å². The fourth-order valence-corrected chi connectivity index (χ4v) is 2.44. The van der Waals surface area contributed by atoms with E-state index in [0.29, 0.717) is 5.88 Å². The smallest absolute Gasteiger partial charge is 0.237 e. The summed E-state index contributed by atoms with van der Waals surface area (Å²) in [5.41, 5.74) is 4.87. The summed E-state index contributed by atoms with van der Waals surface area (Å²) in [7, 11) is 1.63. The van der Waals surface area contributed by atoms with E-state index in [2.05, 4.69) is 33.8 Å². The summed E-state index contributed by atoms with van der Waals surface area (Å²) in [6, 6.07) is 10.3. The topological polar surface area (TPSA) is 46.2 Å². The first-order chi connectivity index (χ1) is 9.38. The first-order valence-corrected chi connectivity index (χ1v) is 6.46. The lowest BCUT2D eigenvalue weighted by Crippen LogP contribution is -2.04. The van der Waals surface area contributed by atoms with Crippen LogP contribution in [0, 0.1) is 0 Å². The number of anilines is 2. The number of hydrogen-bond donors (Lipinski definition) is 2. The zero-order valence-electron chi connectivity index (χ0n) is 10.9. The van der Waals surface area contributed by atoms with Gasteiger partial charge in [-0.3, -0.25) is 0 Å². The minimum Gasteiger partial charge on any atom is -0.480 e. The van der Waals surface area contributed by atoms with Gasteiger partial charge in [0.15, 0.2) is 0 Å². The van der Waals surface area contributed by atoms with Gasteiger partial charge in [-0.15, -0.1) is 0 Å². The number of nitrogens with zero attached hydrogens (tertiary/aromatic N) is 1. The third-order valence-electron chi connectivity index (χ3n) is 3.37. The maximum Gasteiger partial charge on any atom is 0.237 e. The van der Waals surface area contributed by atoms with Crippen molar-refractivity contribution in [3.05, 3.63) is 47.7 Å². The minimum atomic E-state index is 0.628. The molecule has 0 fully saturated rings. The fourth-order valence-electron chi connectivity index (χ4n) is 2.44. The molecule has 19 heavy (non-hydrogen) atoms. The summed E-state index contributed by atoms with van der Waals surface area (Å²) in [6.07, 6.45) is 2.84. The quantitative estimate of drug-likeness (QED) is 0.881. The lowest BCUT2D eigenvalue weighted by atomic mass is 10.1. The molecule has 1 aliphatic heterocycles. The van der Waals surface area contributed by atoms with Crippen LogP contribution in [0.4, 0.5) is 11.4 Å². The van der Waals surface area contributed by atoms with Crippen molar-refractivity contribution >= 4 is 11.4 Å². The highest BCUT2D eigenvalue weighted by Gasteiger charge is 2.13. The number of nitrogens with one attached hydrogen (secondary N) is 2. The number of fused-ring (bicyclic) bond motifs is 1. The van der Waals surface area contributed by atoms with Crippen molar-refractivity contribution < 1.29 is 4.74 Å². The Morgan fingerprint density at radius 1 is 1.32 bits per heavy atom. The molecule has 4 nitrogen and oxygen atoms in total. The summed E-state index contributed by atoms with van der Waals surface area (Å²) in [4.78, 5) is 4.18. The van der Waals surface area contributed by atoms with Crippen molar-refractivity contribution in [2.75, 3.05) is 24.3 Å². The molecular formula is C15H17N3O. The van der Waals surface area contributed by atoms with E-state index in [0.717, 1.165) is 25.2 Å². The molecule has 2 aromatic rings. The van der Waals surface area contributed by atoms with Gasteiger partial charge in [-0.25, -0.2) is 4.98 Å². The molecule has 1 aliphatic rings. The molecule has 0 aliphatic carbocycles. The largest absolute Gasteiger partial charge is 0.480 e. The lowest BCUT2D eigenvalue weighted by molar-refractivity contribution is 0.399. The number of rotatable bonds is 4. The molecule has 0 radical (unpaired) electrons. The molecule has 0 saturated heterocycles. The number of ether oxygens (including phenoxy) is 1. The van der Waals surface area contributed by atoms with Crippen LogP contribution < -0.4 is 15.4 Å². The molecule has 0 unspecified atom stereocenters. The molecule has 0 spiro atoms. The van der Waals surface area contributed by atoms with Crippen LogP contribution >= 0.6 is 0 Å². The number of methoxy groups -OCH3 is 1. The van der Waals surface area contributed by atoms with Crippen LogP contribution in [0.5, 0.6) is 5.88 Å². The third-order valence-corrected chi connectivity index (χ3v) is 3.37. The van der Waals surface area contributed by atoms with E-state index >= 15 is 0 Å². The molecule has 2 N–H and O–H groups in total. The lowest BCUT2D eigenvalue weighted by Gasteiger charge is -2.12. The Morgan fingerprint density at radius 3 is 3.16 bits per heavy atom. The maximum atomic E-state index is 5.24. The average molecular weight is 255 g/mol. The Hall–Kier alpha value is -2.23. The Morgan fingerprint density at radius 2 is 2.26 bits per heavy atom. The number of benzene rings is 1. The van der Waals surface area contributed by atoms with E-state index in [1.165, 1.54) is 16.8 Å². The molecule has 0 saturated carbocycles. The highest BCUT2D eigenvalue weighted by atomic mass is 16.5. The van der Waals surface area contributed by atoms with Crippen molar-refractivity contribution in [3.8, 4) is 5.88 Å². The van der Waals surface area contributed by atoms with Crippen LogP contribution in [0.25, 0.3) is 0 Å². The highest BCUT2D eigenvalue weighted by Crippen LogP contribution is 2.28. The van der Waals surface area contributed by atoms with E-state index < -0.39 is 0 Å². The molecule has 1 aromatic heterocycles. The van der Waals surface area contributed by atoms with Gasteiger partial charge in [0.1, 0.15) is 0 Å². The van der Waals surface area contributed by atoms with Gasteiger partial charge in [0, 0.05) is 25.0 Å². The first kappa shape index (κ1) is 11.8. The van der Waals surface area contributed by atoms with Crippen molar-refractivity contribution in [1.29, 1.82) is 0 Å². The van der Waals surface area contributed by atoms with E-state index in [4.69, 9.17) is 4.74 Å². The van der Waals surface area contributed by atoms with Crippen LogP contribution in [-0.4, -0.2) is 18.6 Å². The summed E-state index contributed by atoms with van der Waals surface area (Å²) < 4.78 is 5.24.